The molecule has 0 radical (unpaired) electrons. The molecule has 0 saturated heterocycles. The van der Waals surface area contributed by atoms with Crippen molar-refractivity contribution in [2.75, 3.05) is 6.79 Å². The van der Waals surface area contributed by atoms with E-state index < -0.39 is 0 Å². The summed E-state index contributed by atoms with van der Waals surface area (Å²) in [6, 6.07) is 12.2. The van der Waals surface area contributed by atoms with Crippen molar-refractivity contribution in [2.24, 2.45) is 0 Å². The van der Waals surface area contributed by atoms with Crippen LogP contribution in [0.4, 0.5) is 0 Å². The van der Waals surface area contributed by atoms with Gasteiger partial charge in [-0.05, 0) is 18.2 Å². The smallest absolute Gasteiger partial charge is 0.269 e. The monoisotopic (exact) mass is 308 g/mol. The summed E-state index contributed by atoms with van der Waals surface area (Å²) >= 11 is 0. The zero-order valence-electron chi connectivity index (χ0n) is 12.0. The molecule has 0 unspecified atom stereocenters. The number of ether oxygens (including phenoxy) is 2. The number of allylic oxidation sites excluding steroid dienone is 1. The van der Waals surface area contributed by atoms with Gasteiger partial charge in [0, 0.05) is 22.8 Å². The van der Waals surface area contributed by atoms with Crippen molar-refractivity contribution in [1.82, 2.24) is 10.9 Å². The molecule has 2 aromatic rings. The second-order valence-corrected chi connectivity index (χ2v) is 5.12. The molecular formula is C17H12N2O4. The van der Waals surface area contributed by atoms with Gasteiger partial charge < -0.3 is 9.47 Å². The third kappa shape index (κ3) is 2.30. The van der Waals surface area contributed by atoms with Gasteiger partial charge in [-0.3, -0.25) is 20.4 Å². The molecule has 1 aliphatic carbocycles. The maximum atomic E-state index is 12.2. The molecule has 23 heavy (non-hydrogen) atoms. The summed E-state index contributed by atoms with van der Waals surface area (Å²) in [6.07, 6.45) is 1.46. The summed E-state index contributed by atoms with van der Waals surface area (Å²) in [5.74, 6) is 0.743. The molecule has 1 heterocycles. The molecule has 114 valence electrons. The van der Waals surface area contributed by atoms with E-state index in [0.29, 0.717) is 28.3 Å². The van der Waals surface area contributed by atoms with Crippen LogP contribution in [0.3, 0.4) is 0 Å². The summed E-state index contributed by atoms with van der Waals surface area (Å²) in [5.41, 5.74) is 7.78. The van der Waals surface area contributed by atoms with Crippen molar-refractivity contribution in [3.63, 3.8) is 0 Å². The maximum Gasteiger partial charge on any atom is 0.269 e. The van der Waals surface area contributed by atoms with Crippen LogP contribution in [0.5, 0.6) is 11.5 Å². The van der Waals surface area contributed by atoms with Crippen LogP contribution in [0.15, 0.2) is 48.5 Å². The van der Waals surface area contributed by atoms with E-state index in [4.69, 9.17) is 9.47 Å². The number of hydrogen-bond donors (Lipinski definition) is 2. The predicted octanol–water partition coefficient (Wildman–Crippen LogP) is 1.89. The van der Waals surface area contributed by atoms with E-state index >= 15 is 0 Å². The molecule has 6 nitrogen and oxygen atoms in total. The van der Waals surface area contributed by atoms with Gasteiger partial charge in [0.1, 0.15) is 0 Å². The fourth-order valence-electron chi connectivity index (χ4n) is 2.56. The lowest BCUT2D eigenvalue weighted by Gasteiger charge is -2.10. The zero-order chi connectivity index (χ0) is 15.8. The van der Waals surface area contributed by atoms with Crippen LogP contribution < -0.4 is 20.3 Å². The number of ketones is 1. The second kappa shape index (κ2) is 5.17. The first kappa shape index (κ1) is 13.4. The lowest BCUT2D eigenvalue weighted by molar-refractivity contribution is 0.0941. The highest BCUT2D eigenvalue weighted by Crippen LogP contribution is 2.32. The lowest BCUT2D eigenvalue weighted by Crippen LogP contribution is -2.35. The molecule has 0 bridgehead atoms. The summed E-state index contributed by atoms with van der Waals surface area (Å²) < 4.78 is 10.5. The first-order chi connectivity index (χ1) is 11.2. The van der Waals surface area contributed by atoms with Gasteiger partial charge in [-0.2, -0.15) is 0 Å². The Morgan fingerprint density at radius 1 is 1.00 bits per heavy atom. The van der Waals surface area contributed by atoms with Gasteiger partial charge in [-0.25, -0.2) is 0 Å². The number of benzene rings is 2. The molecule has 1 aliphatic heterocycles. The van der Waals surface area contributed by atoms with Gasteiger partial charge in [0.25, 0.3) is 5.91 Å². The average molecular weight is 308 g/mol. The SMILES string of the molecule is O=C(NNC1=CC(=O)c2ccccc21)c1ccc2c(c1)OCO2. The molecule has 1 amide bonds. The standard InChI is InChI=1S/C17H12N2O4/c20-14-8-13(11-3-1-2-4-12(11)14)18-19-17(21)10-5-6-15-16(7-10)23-9-22-15/h1-8,18H,9H2,(H,19,21). The van der Waals surface area contributed by atoms with Crippen LogP contribution >= 0.6 is 0 Å². The summed E-state index contributed by atoms with van der Waals surface area (Å²) in [5, 5.41) is 0. The van der Waals surface area contributed by atoms with Gasteiger partial charge in [0.05, 0.1) is 5.70 Å². The number of carbonyl (C=O) groups excluding carboxylic acids is 2. The van der Waals surface area contributed by atoms with E-state index in [0.717, 1.165) is 5.56 Å². The van der Waals surface area contributed by atoms with Crippen LogP contribution in [0.1, 0.15) is 26.3 Å². The summed E-state index contributed by atoms with van der Waals surface area (Å²) in [7, 11) is 0. The predicted molar refractivity (Wildman–Crippen MR) is 81.9 cm³/mol. The molecule has 2 aromatic carbocycles. The number of carbonyl (C=O) groups is 2. The fraction of sp³-hybridized carbons (Fsp3) is 0.0588. The van der Waals surface area contributed by atoms with E-state index in [1.807, 2.05) is 12.1 Å². The Morgan fingerprint density at radius 3 is 2.65 bits per heavy atom. The second-order valence-electron chi connectivity index (χ2n) is 5.12. The lowest BCUT2D eigenvalue weighted by atomic mass is 10.1. The summed E-state index contributed by atoms with van der Waals surface area (Å²) in [6.45, 7) is 0.157. The third-order valence-electron chi connectivity index (χ3n) is 3.70. The summed E-state index contributed by atoms with van der Waals surface area (Å²) in [4.78, 5) is 24.1. The number of fused-ring (bicyclic) bond motifs is 2. The molecule has 0 fully saturated rings. The number of hydrogen-bond acceptors (Lipinski definition) is 5. The van der Waals surface area contributed by atoms with E-state index in [2.05, 4.69) is 10.9 Å². The van der Waals surface area contributed by atoms with Gasteiger partial charge in [0.2, 0.25) is 6.79 Å². The number of rotatable bonds is 3. The van der Waals surface area contributed by atoms with Crippen LogP contribution in [-0.4, -0.2) is 18.5 Å². The van der Waals surface area contributed by atoms with E-state index in [1.165, 1.54) is 6.08 Å². The average Bonchev–Trinajstić information content (AvgIpc) is 3.17. The van der Waals surface area contributed by atoms with Crippen molar-refractivity contribution in [3.8, 4) is 11.5 Å². The Hall–Kier alpha value is -3.28. The number of amides is 1. The Labute approximate surface area is 131 Å². The Bertz CT molecular complexity index is 857. The van der Waals surface area contributed by atoms with E-state index in [-0.39, 0.29) is 18.5 Å². The highest BCUT2D eigenvalue weighted by Gasteiger charge is 2.21. The van der Waals surface area contributed by atoms with Crippen molar-refractivity contribution < 1.29 is 19.1 Å². The molecular weight excluding hydrogens is 296 g/mol. The highest BCUT2D eigenvalue weighted by molar-refractivity contribution is 6.16. The van der Waals surface area contributed by atoms with Crippen molar-refractivity contribution in [1.29, 1.82) is 0 Å². The minimum Gasteiger partial charge on any atom is -0.454 e. The molecule has 2 N–H and O–H groups in total. The number of hydrazine groups is 1. The molecule has 4 rings (SSSR count). The molecule has 0 atom stereocenters. The van der Waals surface area contributed by atoms with Crippen LogP contribution in [0, 0.1) is 0 Å². The van der Waals surface area contributed by atoms with E-state index in [1.54, 1.807) is 30.3 Å². The molecule has 0 aromatic heterocycles. The fourth-order valence-corrected chi connectivity index (χ4v) is 2.56. The number of nitrogens with one attached hydrogen (secondary N) is 2. The first-order valence-electron chi connectivity index (χ1n) is 7.04. The van der Waals surface area contributed by atoms with Gasteiger partial charge in [0.15, 0.2) is 17.3 Å². The first-order valence-corrected chi connectivity index (χ1v) is 7.04. The van der Waals surface area contributed by atoms with Crippen molar-refractivity contribution in [3.05, 3.63) is 65.2 Å². The Balaban J connectivity index is 1.49. The minimum absolute atomic E-state index is 0.0829. The zero-order valence-corrected chi connectivity index (χ0v) is 12.0. The van der Waals surface area contributed by atoms with Crippen LogP contribution in [-0.2, 0) is 0 Å². The normalized spacial score (nSPS) is 14.3. The van der Waals surface area contributed by atoms with Gasteiger partial charge >= 0.3 is 0 Å². The highest BCUT2D eigenvalue weighted by atomic mass is 16.7. The minimum atomic E-state index is -0.332. The van der Waals surface area contributed by atoms with Crippen molar-refractivity contribution in [2.45, 2.75) is 0 Å². The maximum absolute atomic E-state index is 12.2. The Kier molecular flexibility index (Phi) is 3.01. The van der Waals surface area contributed by atoms with Crippen LogP contribution in [0.2, 0.25) is 0 Å². The topological polar surface area (TPSA) is 76.7 Å². The largest absolute Gasteiger partial charge is 0.454 e. The van der Waals surface area contributed by atoms with E-state index in [9.17, 15) is 9.59 Å². The Morgan fingerprint density at radius 2 is 1.78 bits per heavy atom. The molecule has 2 aliphatic rings. The van der Waals surface area contributed by atoms with Crippen LogP contribution in [0.25, 0.3) is 5.70 Å². The molecule has 0 saturated carbocycles. The molecule has 6 heteroatoms. The molecule has 0 spiro atoms. The quantitative estimate of drug-likeness (QED) is 0.847. The van der Waals surface area contributed by atoms with Gasteiger partial charge in [-0.15, -0.1) is 0 Å². The third-order valence-corrected chi connectivity index (χ3v) is 3.70. The van der Waals surface area contributed by atoms with Crippen molar-refractivity contribution >= 4 is 17.4 Å². The van der Waals surface area contributed by atoms with Gasteiger partial charge in [-0.1, -0.05) is 24.3 Å².